The summed E-state index contributed by atoms with van der Waals surface area (Å²) in [5, 5.41) is 8.85. The maximum absolute atomic E-state index is 11.3. The summed E-state index contributed by atoms with van der Waals surface area (Å²) in [6.45, 7) is 0.826. The summed E-state index contributed by atoms with van der Waals surface area (Å²) in [5.41, 5.74) is 2.15. The second kappa shape index (κ2) is 5.51. The molecule has 0 radical (unpaired) electrons. The average Bonchev–Trinajstić information content (AvgIpc) is 2.46. The third-order valence-electron chi connectivity index (χ3n) is 2.99. The molecule has 2 heterocycles. The van der Waals surface area contributed by atoms with E-state index in [1.807, 2.05) is 6.08 Å². The fourth-order valence-corrected chi connectivity index (χ4v) is 1.90. The summed E-state index contributed by atoms with van der Waals surface area (Å²) in [4.78, 5) is 27.6. The van der Waals surface area contributed by atoms with Gasteiger partial charge in [-0.05, 0) is 24.1 Å². The van der Waals surface area contributed by atoms with Crippen LogP contribution in [-0.4, -0.2) is 47.3 Å². The normalized spacial score (nSPS) is 14.8. The van der Waals surface area contributed by atoms with Crippen LogP contribution in [-0.2, 0) is 4.74 Å². The molecule has 0 unspecified atom stereocenters. The minimum Gasteiger partial charge on any atom is -0.465 e. The van der Waals surface area contributed by atoms with Crippen LogP contribution in [0.25, 0.3) is 5.57 Å². The smallest absolute Gasteiger partial charge is 0.407 e. The molecule has 0 bridgehead atoms. The standard InChI is InChI=1S/C13H14N2O4/c1-19-12(16)10-2-3-11(14-8-10)9-4-6-15(7-5-9)13(17)18/h2-4,8H,5-7H2,1H3,(H,17,18). The van der Waals surface area contributed by atoms with Gasteiger partial charge in [-0.25, -0.2) is 9.59 Å². The van der Waals surface area contributed by atoms with E-state index in [9.17, 15) is 9.59 Å². The van der Waals surface area contributed by atoms with Gasteiger partial charge in [-0.15, -0.1) is 0 Å². The van der Waals surface area contributed by atoms with Gasteiger partial charge < -0.3 is 14.7 Å². The molecule has 0 fully saturated rings. The second-order valence-electron chi connectivity index (χ2n) is 4.13. The Labute approximate surface area is 110 Å². The number of pyridine rings is 1. The van der Waals surface area contributed by atoms with E-state index < -0.39 is 12.1 Å². The molecule has 0 atom stereocenters. The highest BCUT2D eigenvalue weighted by Gasteiger charge is 2.17. The Bertz CT molecular complexity index is 522. The molecule has 6 heteroatoms. The largest absolute Gasteiger partial charge is 0.465 e. The van der Waals surface area contributed by atoms with E-state index in [1.165, 1.54) is 18.2 Å². The van der Waals surface area contributed by atoms with Crippen LogP contribution in [0.1, 0.15) is 22.5 Å². The zero-order valence-corrected chi connectivity index (χ0v) is 10.5. The van der Waals surface area contributed by atoms with Crippen LogP contribution in [0.2, 0.25) is 0 Å². The Balaban J connectivity index is 2.11. The zero-order valence-electron chi connectivity index (χ0n) is 10.5. The van der Waals surface area contributed by atoms with Crippen molar-refractivity contribution in [3.63, 3.8) is 0 Å². The summed E-state index contributed by atoms with van der Waals surface area (Å²) in [6.07, 6.45) is 3.02. The van der Waals surface area contributed by atoms with Crippen LogP contribution in [0.15, 0.2) is 24.4 Å². The molecule has 19 heavy (non-hydrogen) atoms. The fraction of sp³-hybridized carbons (Fsp3) is 0.308. The molecule has 0 aliphatic carbocycles. The molecule has 0 saturated heterocycles. The molecule has 0 saturated carbocycles. The van der Waals surface area contributed by atoms with Gasteiger partial charge >= 0.3 is 12.1 Å². The first-order valence-corrected chi connectivity index (χ1v) is 5.83. The van der Waals surface area contributed by atoms with Gasteiger partial charge in [0.2, 0.25) is 0 Å². The van der Waals surface area contributed by atoms with Crippen molar-refractivity contribution >= 4 is 17.6 Å². The van der Waals surface area contributed by atoms with Gasteiger partial charge in [0.1, 0.15) is 0 Å². The SMILES string of the molecule is COC(=O)c1ccc(C2=CCN(C(=O)O)CC2)nc1. The predicted octanol–water partition coefficient (Wildman–Crippen LogP) is 1.64. The van der Waals surface area contributed by atoms with Crippen molar-refractivity contribution in [2.24, 2.45) is 0 Å². The maximum Gasteiger partial charge on any atom is 0.407 e. The first-order chi connectivity index (χ1) is 9.11. The molecular weight excluding hydrogens is 248 g/mol. The number of carbonyl (C=O) groups is 2. The lowest BCUT2D eigenvalue weighted by Crippen LogP contribution is -2.33. The van der Waals surface area contributed by atoms with Gasteiger partial charge in [-0.3, -0.25) is 4.98 Å². The number of carboxylic acid groups (broad SMARTS) is 1. The third-order valence-corrected chi connectivity index (χ3v) is 2.99. The van der Waals surface area contributed by atoms with Crippen LogP contribution in [0.3, 0.4) is 0 Å². The first-order valence-electron chi connectivity index (χ1n) is 5.83. The molecule has 0 aromatic carbocycles. The molecule has 1 aromatic rings. The molecule has 1 aliphatic rings. The van der Waals surface area contributed by atoms with Crippen LogP contribution in [0.4, 0.5) is 4.79 Å². The van der Waals surface area contributed by atoms with Crippen molar-refractivity contribution in [3.05, 3.63) is 35.7 Å². The van der Waals surface area contributed by atoms with Gasteiger partial charge in [0.25, 0.3) is 0 Å². The number of rotatable bonds is 2. The molecule has 100 valence electrons. The van der Waals surface area contributed by atoms with Crippen molar-refractivity contribution in [1.29, 1.82) is 0 Å². The monoisotopic (exact) mass is 262 g/mol. The molecule has 1 aliphatic heterocycles. The molecule has 0 spiro atoms. The van der Waals surface area contributed by atoms with Gasteiger partial charge in [0.05, 0.1) is 18.4 Å². The average molecular weight is 262 g/mol. The molecule has 1 aromatic heterocycles. The number of hydrogen-bond acceptors (Lipinski definition) is 4. The van der Waals surface area contributed by atoms with Gasteiger partial charge in [0, 0.05) is 19.3 Å². The first kappa shape index (κ1) is 13.1. The number of ether oxygens (including phenoxy) is 1. The Morgan fingerprint density at radius 2 is 2.21 bits per heavy atom. The predicted molar refractivity (Wildman–Crippen MR) is 67.8 cm³/mol. The fourth-order valence-electron chi connectivity index (χ4n) is 1.90. The van der Waals surface area contributed by atoms with E-state index in [1.54, 1.807) is 12.1 Å². The van der Waals surface area contributed by atoms with E-state index in [2.05, 4.69) is 9.72 Å². The molecule has 6 nitrogen and oxygen atoms in total. The van der Waals surface area contributed by atoms with Crippen molar-refractivity contribution in [1.82, 2.24) is 9.88 Å². The molecule has 1 amide bonds. The van der Waals surface area contributed by atoms with Gasteiger partial charge in [-0.1, -0.05) is 6.08 Å². The van der Waals surface area contributed by atoms with Crippen LogP contribution >= 0.6 is 0 Å². The Morgan fingerprint density at radius 3 is 2.68 bits per heavy atom. The highest BCUT2D eigenvalue weighted by molar-refractivity contribution is 5.89. The molecular formula is C13H14N2O4. The minimum absolute atomic E-state index is 0.366. The van der Waals surface area contributed by atoms with E-state index in [0.29, 0.717) is 25.1 Å². The van der Waals surface area contributed by atoms with E-state index in [4.69, 9.17) is 5.11 Å². The number of methoxy groups -OCH3 is 1. The third kappa shape index (κ3) is 2.90. The van der Waals surface area contributed by atoms with Gasteiger partial charge in [0.15, 0.2) is 0 Å². The summed E-state index contributed by atoms with van der Waals surface area (Å²) in [6, 6.07) is 3.40. The van der Waals surface area contributed by atoms with Crippen molar-refractivity contribution < 1.29 is 19.4 Å². The second-order valence-corrected chi connectivity index (χ2v) is 4.13. The van der Waals surface area contributed by atoms with E-state index in [-0.39, 0.29) is 0 Å². The number of aromatic nitrogens is 1. The zero-order chi connectivity index (χ0) is 13.8. The lowest BCUT2D eigenvalue weighted by Gasteiger charge is -2.23. The molecule has 2 rings (SSSR count). The van der Waals surface area contributed by atoms with Crippen molar-refractivity contribution in [3.8, 4) is 0 Å². The number of amides is 1. The van der Waals surface area contributed by atoms with Gasteiger partial charge in [-0.2, -0.15) is 0 Å². The van der Waals surface area contributed by atoms with Crippen molar-refractivity contribution in [2.45, 2.75) is 6.42 Å². The summed E-state index contributed by atoms with van der Waals surface area (Å²) < 4.78 is 4.60. The highest BCUT2D eigenvalue weighted by atomic mass is 16.5. The topological polar surface area (TPSA) is 79.7 Å². The number of carbonyl (C=O) groups excluding carboxylic acids is 1. The Morgan fingerprint density at radius 1 is 1.42 bits per heavy atom. The van der Waals surface area contributed by atoms with Crippen molar-refractivity contribution in [2.75, 3.05) is 20.2 Å². The highest BCUT2D eigenvalue weighted by Crippen LogP contribution is 2.20. The van der Waals surface area contributed by atoms with Crippen LogP contribution in [0.5, 0.6) is 0 Å². The molecule has 1 N–H and O–H groups in total. The maximum atomic E-state index is 11.3. The Kier molecular flexibility index (Phi) is 3.79. The Hall–Kier alpha value is -2.37. The lowest BCUT2D eigenvalue weighted by atomic mass is 10.0. The number of hydrogen-bond donors (Lipinski definition) is 1. The number of esters is 1. The van der Waals surface area contributed by atoms with Crippen LogP contribution < -0.4 is 0 Å². The van der Waals surface area contributed by atoms with E-state index >= 15 is 0 Å². The summed E-state index contributed by atoms with van der Waals surface area (Å²) in [7, 11) is 1.32. The lowest BCUT2D eigenvalue weighted by molar-refractivity contribution is 0.0600. The summed E-state index contributed by atoms with van der Waals surface area (Å²) >= 11 is 0. The summed E-state index contributed by atoms with van der Waals surface area (Å²) in [5.74, 6) is -0.422. The van der Waals surface area contributed by atoms with Crippen LogP contribution in [0, 0.1) is 0 Å². The van der Waals surface area contributed by atoms with E-state index in [0.717, 1.165) is 11.3 Å². The quantitative estimate of drug-likeness (QED) is 0.819. The number of nitrogens with zero attached hydrogens (tertiary/aromatic N) is 2. The minimum atomic E-state index is -0.913.